The molecule has 1 atom stereocenters. The average molecular weight is 432 g/mol. The largest absolute Gasteiger partial charge is 0.363 e. The topological polar surface area (TPSA) is 68.4 Å². The Kier molecular flexibility index (Phi) is 4.58. The van der Waals surface area contributed by atoms with Crippen molar-refractivity contribution in [3.8, 4) is 5.82 Å². The highest BCUT2D eigenvalue weighted by Gasteiger charge is 2.36. The summed E-state index contributed by atoms with van der Waals surface area (Å²) >= 11 is 0. The fraction of sp³-hybridized carbons (Fsp3) is 0.0769. The molecular formula is C26H20N6O. The van der Waals surface area contributed by atoms with Gasteiger partial charge in [0.05, 0.1) is 11.1 Å². The van der Waals surface area contributed by atoms with Crippen molar-refractivity contribution in [1.82, 2.24) is 19.7 Å². The highest BCUT2D eigenvalue weighted by atomic mass is 16.7. The lowest BCUT2D eigenvalue weighted by Gasteiger charge is -2.27. The first kappa shape index (κ1) is 19.2. The lowest BCUT2D eigenvalue weighted by molar-refractivity contribution is 0.0865. The van der Waals surface area contributed by atoms with Gasteiger partial charge in [-0.25, -0.2) is 14.6 Å². The SMILES string of the molecule is Cc1ccc2nc(-n3cncn3)c(C3ON=C(c4ccccc4)N3c3ccccc3)cc2c1. The van der Waals surface area contributed by atoms with Gasteiger partial charge in [-0.1, -0.05) is 65.3 Å². The quantitative estimate of drug-likeness (QED) is 0.399. The van der Waals surface area contributed by atoms with E-state index in [2.05, 4.69) is 45.3 Å². The van der Waals surface area contributed by atoms with Crippen LogP contribution in [0.15, 0.2) is 103 Å². The van der Waals surface area contributed by atoms with Gasteiger partial charge in [-0.05, 0) is 37.3 Å². The van der Waals surface area contributed by atoms with E-state index in [1.165, 1.54) is 6.33 Å². The first-order chi connectivity index (χ1) is 16.3. The van der Waals surface area contributed by atoms with Crippen LogP contribution in [0, 0.1) is 6.92 Å². The maximum absolute atomic E-state index is 6.10. The third-order valence-corrected chi connectivity index (χ3v) is 5.65. The number of fused-ring (bicyclic) bond motifs is 1. The van der Waals surface area contributed by atoms with E-state index in [0.29, 0.717) is 5.82 Å². The van der Waals surface area contributed by atoms with E-state index < -0.39 is 6.23 Å². The van der Waals surface area contributed by atoms with E-state index in [-0.39, 0.29) is 0 Å². The summed E-state index contributed by atoms with van der Waals surface area (Å²) in [5.74, 6) is 1.39. The summed E-state index contributed by atoms with van der Waals surface area (Å²) in [5, 5.41) is 9.89. The molecule has 7 heteroatoms. The minimum absolute atomic E-state index is 0.529. The molecule has 6 rings (SSSR count). The van der Waals surface area contributed by atoms with Crippen LogP contribution >= 0.6 is 0 Å². The fourth-order valence-corrected chi connectivity index (χ4v) is 4.11. The Morgan fingerprint density at radius 2 is 1.67 bits per heavy atom. The van der Waals surface area contributed by atoms with Crippen LogP contribution in [0.3, 0.4) is 0 Å². The standard InChI is InChI=1S/C26H20N6O/c1-18-12-13-23-20(14-18)15-22(25(29-23)31-17-27-16-28-31)26-32(21-10-6-3-7-11-21)24(30-33-26)19-8-4-2-5-9-19/h2-17,26H,1H3. The first-order valence-corrected chi connectivity index (χ1v) is 10.7. The number of nitrogens with zero attached hydrogens (tertiary/aromatic N) is 6. The van der Waals surface area contributed by atoms with Gasteiger partial charge in [0.1, 0.15) is 12.7 Å². The minimum atomic E-state index is -0.529. The molecule has 7 nitrogen and oxygen atoms in total. The number of hydrogen-bond acceptors (Lipinski definition) is 6. The van der Waals surface area contributed by atoms with E-state index in [4.69, 9.17) is 9.82 Å². The summed E-state index contributed by atoms with van der Waals surface area (Å²) < 4.78 is 1.67. The molecule has 33 heavy (non-hydrogen) atoms. The number of benzene rings is 3. The molecule has 3 aromatic carbocycles. The van der Waals surface area contributed by atoms with Gasteiger partial charge in [0, 0.05) is 16.6 Å². The van der Waals surface area contributed by atoms with Gasteiger partial charge < -0.3 is 4.84 Å². The Bertz CT molecular complexity index is 1450. The lowest BCUT2D eigenvalue weighted by Crippen LogP contribution is -2.32. The molecule has 1 aliphatic heterocycles. The smallest absolute Gasteiger partial charge is 0.235 e. The predicted octanol–water partition coefficient (Wildman–Crippen LogP) is 5.02. The van der Waals surface area contributed by atoms with Crippen molar-refractivity contribution in [3.63, 3.8) is 0 Å². The van der Waals surface area contributed by atoms with Crippen molar-refractivity contribution in [2.45, 2.75) is 13.2 Å². The second kappa shape index (κ2) is 7.87. The van der Waals surface area contributed by atoms with Crippen LogP contribution in [0.5, 0.6) is 0 Å². The number of amidine groups is 1. The second-order valence-corrected chi connectivity index (χ2v) is 7.88. The van der Waals surface area contributed by atoms with Crippen molar-refractivity contribution in [1.29, 1.82) is 0 Å². The molecule has 0 saturated heterocycles. The molecule has 0 radical (unpaired) electrons. The van der Waals surface area contributed by atoms with Gasteiger partial charge in [0.2, 0.25) is 6.23 Å². The van der Waals surface area contributed by atoms with E-state index in [0.717, 1.165) is 39.1 Å². The number of rotatable bonds is 4. The Morgan fingerprint density at radius 1 is 0.879 bits per heavy atom. The number of anilines is 1. The molecule has 0 aliphatic carbocycles. The summed E-state index contributed by atoms with van der Waals surface area (Å²) in [6.07, 6.45) is 2.62. The lowest BCUT2D eigenvalue weighted by atomic mass is 10.1. The molecule has 5 aromatic rings. The van der Waals surface area contributed by atoms with Crippen LogP contribution in [0.4, 0.5) is 5.69 Å². The van der Waals surface area contributed by atoms with Crippen molar-refractivity contribution in [2.24, 2.45) is 5.16 Å². The van der Waals surface area contributed by atoms with Crippen LogP contribution < -0.4 is 4.90 Å². The minimum Gasteiger partial charge on any atom is -0.363 e. The van der Waals surface area contributed by atoms with Gasteiger partial charge in [-0.15, -0.1) is 0 Å². The van der Waals surface area contributed by atoms with E-state index in [1.807, 2.05) is 66.7 Å². The number of pyridine rings is 1. The van der Waals surface area contributed by atoms with Gasteiger partial charge in [0.25, 0.3) is 0 Å². The summed E-state index contributed by atoms with van der Waals surface area (Å²) in [6.45, 7) is 2.07. The summed E-state index contributed by atoms with van der Waals surface area (Å²) in [6, 6.07) is 28.5. The van der Waals surface area contributed by atoms with Gasteiger partial charge in [-0.3, -0.25) is 4.90 Å². The fourth-order valence-electron chi connectivity index (χ4n) is 4.11. The Hall–Kier alpha value is -4.52. The monoisotopic (exact) mass is 432 g/mol. The van der Waals surface area contributed by atoms with Crippen LogP contribution in [0.2, 0.25) is 0 Å². The molecule has 0 saturated carbocycles. The van der Waals surface area contributed by atoms with Crippen molar-refractivity contribution < 1.29 is 4.84 Å². The molecule has 0 bridgehead atoms. The maximum atomic E-state index is 6.10. The highest BCUT2D eigenvalue weighted by molar-refractivity contribution is 6.10. The van der Waals surface area contributed by atoms with Gasteiger partial charge in [0.15, 0.2) is 11.7 Å². The molecule has 1 unspecified atom stereocenters. The number of para-hydroxylation sites is 1. The van der Waals surface area contributed by atoms with Crippen LogP contribution in [-0.4, -0.2) is 25.6 Å². The van der Waals surface area contributed by atoms with Gasteiger partial charge >= 0.3 is 0 Å². The first-order valence-electron chi connectivity index (χ1n) is 10.7. The summed E-state index contributed by atoms with van der Waals surface area (Å²) in [7, 11) is 0. The van der Waals surface area contributed by atoms with Gasteiger partial charge in [-0.2, -0.15) is 5.10 Å². The van der Waals surface area contributed by atoms with Crippen LogP contribution in [-0.2, 0) is 4.84 Å². The Labute approximate surface area is 190 Å². The summed E-state index contributed by atoms with van der Waals surface area (Å²) in [4.78, 5) is 17.3. The molecule has 2 aromatic heterocycles. The maximum Gasteiger partial charge on any atom is 0.235 e. The second-order valence-electron chi connectivity index (χ2n) is 7.88. The summed E-state index contributed by atoms with van der Waals surface area (Å²) in [5.41, 5.74) is 4.82. The third-order valence-electron chi connectivity index (χ3n) is 5.65. The Balaban J connectivity index is 1.56. The molecule has 0 spiro atoms. The average Bonchev–Trinajstić information content (AvgIpc) is 3.55. The zero-order valence-corrected chi connectivity index (χ0v) is 17.9. The molecule has 3 heterocycles. The third kappa shape index (κ3) is 3.40. The zero-order valence-electron chi connectivity index (χ0n) is 17.9. The molecule has 160 valence electrons. The number of oxime groups is 1. The van der Waals surface area contributed by atoms with Crippen LogP contribution in [0.1, 0.15) is 22.9 Å². The molecular weight excluding hydrogens is 412 g/mol. The Morgan fingerprint density at radius 3 is 2.42 bits per heavy atom. The van der Waals surface area contributed by atoms with Crippen LogP contribution in [0.25, 0.3) is 16.7 Å². The van der Waals surface area contributed by atoms with Crippen molar-refractivity contribution in [3.05, 3.63) is 114 Å². The molecule has 1 aliphatic rings. The van der Waals surface area contributed by atoms with Crippen molar-refractivity contribution in [2.75, 3.05) is 4.90 Å². The van der Waals surface area contributed by atoms with E-state index >= 15 is 0 Å². The number of aryl methyl sites for hydroxylation is 1. The number of hydrogen-bond donors (Lipinski definition) is 0. The molecule has 0 fully saturated rings. The zero-order chi connectivity index (χ0) is 22.2. The molecule has 0 amide bonds. The van der Waals surface area contributed by atoms with E-state index in [1.54, 1.807) is 11.0 Å². The highest BCUT2D eigenvalue weighted by Crippen LogP contribution is 2.38. The molecule has 0 N–H and O–H groups in total. The van der Waals surface area contributed by atoms with Crippen molar-refractivity contribution >= 4 is 22.4 Å². The van der Waals surface area contributed by atoms with E-state index in [9.17, 15) is 0 Å². The number of aromatic nitrogens is 4. The normalized spacial score (nSPS) is 15.5. The predicted molar refractivity (Wildman–Crippen MR) is 127 cm³/mol.